The van der Waals surface area contributed by atoms with E-state index >= 15 is 0 Å². The van der Waals surface area contributed by atoms with Crippen molar-refractivity contribution in [3.8, 4) is 17.2 Å². The molecule has 0 unspecified atom stereocenters. The van der Waals surface area contributed by atoms with Crippen LogP contribution < -0.4 is 19.5 Å². The van der Waals surface area contributed by atoms with Crippen molar-refractivity contribution >= 4 is 0 Å². The monoisotopic (exact) mass is 267 g/mol. The summed E-state index contributed by atoms with van der Waals surface area (Å²) in [4.78, 5) is 0. The Balaban J connectivity index is 2.05. The van der Waals surface area contributed by atoms with Crippen molar-refractivity contribution in [1.82, 2.24) is 5.32 Å². The summed E-state index contributed by atoms with van der Waals surface area (Å²) in [5.74, 6) is 2.35. The lowest BCUT2D eigenvalue weighted by molar-refractivity contribution is 0.109. The fourth-order valence-electron chi connectivity index (χ4n) is 1.85. The summed E-state index contributed by atoms with van der Waals surface area (Å²) < 4.78 is 21.8. The van der Waals surface area contributed by atoms with Crippen molar-refractivity contribution in [1.29, 1.82) is 0 Å². The molecule has 0 radical (unpaired) electrons. The molecule has 0 aromatic heterocycles. The van der Waals surface area contributed by atoms with Crippen LogP contribution in [0.4, 0.5) is 0 Å². The molecule has 0 spiro atoms. The highest BCUT2D eigenvalue weighted by Gasteiger charge is 2.17. The molecule has 0 saturated heterocycles. The van der Waals surface area contributed by atoms with Gasteiger partial charge in [0.25, 0.3) is 0 Å². The molecule has 1 aromatic carbocycles. The number of fused-ring (bicyclic) bond motifs is 1. The molecular formula is C14H21NO4. The van der Waals surface area contributed by atoms with Crippen LogP contribution in [-0.2, 0) is 11.3 Å². The number of ether oxygens (including phenoxy) is 4. The van der Waals surface area contributed by atoms with E-state index in [1.807, 2.05) is 19.1 Å². The summed E-state index contributed by atoms with van der Waals surface area (Å²) >= 11 is 0. The molecule has 0 bridgehead atoms. The van der Waals surface area contributed by atoms with Gasteiger partial charge in [-0.25, -0.2) is 0 Å². The predicted octanol–water partition coefficient (Wildman–Crippen LogP) is 1.94. The van der Waals surface area contributed by atoms with E-state index in [-0.39, 0.29) is 6.79 Å². The van der Waals surface area contributed by atoms with Gasteiger partial charge in [0, 0.05) is 24.8 Å². The smallest absolute Gasteiger partial charge is 0.231 e. The van der Waals surface area contributed by atoms with Gasteiger partial charge in [0.1, 0.15) is 12.4 Å². The van der Waals surface area contributed by atoms with Gasteiger partial charge in [-0.2, -0.15) is 0 Å². The van der Waals surface area contributed by atoms with Gasteiger partial charge in [0.05, 0.1) is 6.61 Å². The molecule has 5 nitrogen and oxygen atoms in total. The number of rotatable bonds is 8. The van der Waals surface area contributed by atoms with Gasteiger partial charge in [-0.05, 0) is 19.5 Å². The normalized spacial score (nSPS) is 12.7. The molecule has 1 aliphatic rings. The topological polar surface area (TPSA) is 49.0 Å². The Hall–Kier alpha value is -1.46. The van der Waals surface area contributed by atoms with Crippen molar-refractivity contribution in [2.45, 2.75) is 20.4 Å². The van der Waals surface area contributed by atoms with Gasteiger partial charge in [0.15, 0.2) is 11.5 Å². The maximum absolute atomic E-state index is 5.76. The second-order valence-corrected chi connectivity index (χ2v) is 4.14. The Morgan fingerprint density at radius 3 is 2.68 bits per heavy atom. The number of benzene rings is 1. The van der Waals surface area contributed by atoms with Crippen LogP contribution in [-0.4, -0.2) is 33.2 Å². The van der Waals surface area contributed by atoms with Gasteiger partial charge in [-0.3, -0.25) is 0 Å². The fraction of sp³-hybridized carbons (Fsp3) is 0.571. The van der Waals surface area contributed by atoms with Gasteiger partial charge in [-0.1, -0.05) is 6.92 Å². The first-order valence-corrected chi connectivity index (χ1v) is 6.69. The fourth-order valence-corrected chi connectivity index (χ4v) is 1.85. The summed E-state index contributed by atoms with van der Waals surface area (Å²) in [5.41, 5.74) is 1.07. The summed E-state index contributed by atoms with van der Waals surface area (Å²) in [6.45, 7) is 7.80. The van der Waals surface area contributed by atoms with E-state index in [4.69, 9.17) is 18.9 Å². The zero-order valence-corrected chi connectivity index (χ0v) is 11.5. The Labute approximate surface area is 113 Å². The zero-order valence-electron chi connectivity index (χ0n) is 11.5. The molecule has 0 saturated carbocycles. The van der Waals surface area contributed by atoms with Crippen LogP contribution in [0.25, 0.3) is 0 Å². The number of hydrogen-bond acceptors (Lipinski definition) is 5. The van der Waals surface area contributed by atoms with Crippen molar-refractivity contribution in [2.75, 3.05) is 33.2 Å². The average Bonchev–Trinajstić information content (AvgIpc) is 2.88. The summed E-state index contributed by atoms with van der Waals surface area (Å²) in [5, 5.41) is 3.29. The summed E-state index contributed by atoms with van der Waals surface area (Å²) in [7, 11) is 0. The lowest BCUT2D eigenvalue weighted by Crippen LogP contribution is -2.14. The first-order chi connectivity index (χ1) is 9.35. The van der Waals surface area contributed by atoms with E-state index in [0.29, 0.717) is 19.8 Å². The van der Waals surface area contributed by atoms with Crippen molar-refractivity contribution in [3.63, 3.8) is 0 Å². The Morgan fingerprint density at radius 1 is 1.16 bits per heavy atom. The standard InChI is InChI=1S/C14H21NO4/c1-3-15-9-11-7-13-14(19-10-18-13)8-12(11)17-6-5-16-4-2/h7-8,15H,3-6,9-10H2,1-2H3. The Kier molecular flexibility index (Phi) is 5.30. The summed E-state index contributed by atoms with van der Waals surface area (Å²) in [6, 6.07) is 3.86. The van der Waals surface area contributed by atoms with Crippen LogP contribution in [0, 0.1) is 0 Å². The zero-order chi connectivity index (χ0) is 13.5. The van der Waals surface area contributed by atoms with Crippen molar-refractivity contribution < 1.29 is 18.9 Å². The third-order valence-corrected chi connectivity index (χ3v) is 2.81. The van der Waals surface area contributed by atoms with Crippen LogP contribution in [0.2, 0.25) is 0 Å². The van der Waals surface area contributed by atoms with E-state index in [9.17, 15) is 0 Å². The van der Waals surface area contributed by atoms with Gasteiger partial charge in [-0.15, -0.1) is 0 Å². The van der Waals surface area contributed by atoms with Gasteiger partial charge in [0.2, 0.25) is 6.79 Å². The second kappa shape index (κ2) is 7.21. The molecule has 1 aromatic rings. The highest BCUT2D eigenvalue weighted by Crippen LogP contribution is 2.38. The van der Waals surface area contributed by atoms with Crippen LogP contribution in [0.3, 0.4) is 0 Å². The van der Waals surface area contributed by atoms with Crippen LogP contribution in [0.5, 0.6) is 17.2 Å². The second-order valence-electron chi connectivity index (χ2n) is 4.14. The predicted molar refractivity (Wildman–Crippen MR) is 71.9 cm³/mol. The van der Waals surface area contributed by atoms with Crippen molar-refractivity contribution in [2.24, 2.45) is 0 Å². The van der Waals surface area contributed by atoms with Crippen molar-refractivity contribution in [3.05, 3.63) is 17.7 Å². The highest BCUT2D eigenvalue weighted by atomic mass is 16.7. The molecule has 1 heterocycles. The lowest BCUT2D eigenvalue weighted by Gasteiger charge is -2.13. The minimum absolute atomic E-state index is 0.276. The average molecular weight is 267 g/mol. The molecule has 0 atom stereocenters. The largest absolute Gasteiger partial charge is 0.491 e. The quantitative estimate of drug-likeness (QED) is 0.729. The lowest BCUT2D eigenvalue weighted by atomic mass is 10.1. The molecule has 1 N–H and O–H groups in total. The molecule has 5 heteroatoms. The van der Waals surface area contributed by atoms with E-state index < -0.39 is 0 Å². The third kappa shape index (κ3) is 3.75. The van der Waals surface area contributed by atoms with Crippen LogP contribution in [0.15, 0.2) is 12.1 Å². The molecule has 0 aliphatic carbocycles. The Morgan fingerprint density at radius 2 is 1.95 bits per heavy atom. The SMILES string of the molecule is CCNCc1cc2c(cc1OCCOCC)OCO2. The molecule has 19 heavy (non-hydrogen) atoms. The molecule has 0 fully saturated rings. The van der Waals surface area contributed by atoms with Crippen LogP contribution >= 0.6 is 0 Å². The van der Waals surface area contributed by atoms with Crippen LogP contribution in [0.1, 0.15) is 19.4 Å². The van der Waals surface area contributed by atoms with Gasteiger partial charge >= 0.3 is 0 Å². The maximum Gasteiger partial charge on any atom is 0.231 e. The van der Waals surface area contributed by atoms with E-state index in [0.717, 1.165) is 35.9 Å². The van der Waals surface area contributed by atoms with E-state index in [1.165, 1.54) is 0 Å². The number of nitrogens with one attached hydrogen (secondary N) is 1. The highest BCUT2D eigenvalue weighted by molar-refractivity contribution is 5.51. The molecular weight excluding hydrogens is 246 g/mol. The third-order valence-electron chi connectivity index (χ3n) is 2.81. The first-order valence-electron chi connectivity index (χ1n) is 6.69. The summed E-state index contributed by atoms with van der Waals surface area (Å²) in [6.07, 6.45) is 0. The molecule has 1 aliphatic heterocycles. The first kappa shape index (κ1) is 14.0. The van der Waals surface area contributed by atoms with Gasteiger partial charge < -0.3 is 24.3 Å². The molecule has 106 valence electrons. The number of hydrogen-bond donors (Lipinski definition) is 1. The van der Waals surface area contributed by atoms with E-state index in [1.54, 1.807) is 0 Å². The minimum Gasteiger partial charge on any atom is -0.491 e. The Bertz CT molecular complexity index is 409. The molecule has 2 rings (SSSR count). The van der Waals surface area contributed by atoms with E-state index in [2.05, 4.69) is 12.2 Å². The maximum atomic E-state index is 5.76. The minimum atomic E-state index is 0.276. The molecule has 0 amide bonds.